The topological polar surface area (TPSA) is 55.6 Å². The number of nitrogens with two attached hydrogens (primary N) is 1. The molecule has 1 heterocycles. The van der Waals surface area contributed by atoms with Gasteiger partial charge in [0, 0.05) is 37.7 Å². The first-order valence-corrected chi connectivity index (χ1v) is 7.86. The molecule has 1 aliphatic heterocycles. The molecule has 1 aliphatic rings. The number of carbonyl (C=O) groups excluding carboxylic acids is 1. The largest absolute Gasteiger partial charge is 0.380 e. The summed E-state index contributed by atoms with van der Waals surface area (Å²) in [6.45, 7) is 1.76. The fourth-order valence-electron chi connectivity index (χ4n) is 3.19. The number of ether oxygens (including phenoxy) is 1. The zero-order chi connectivity index (χ0) is 16.2. The number of hydrogen-bond acceptors (Lipinski definition) is 3. The number of halogens is 1. The van der Waals surface area contributed by atoms with Gasteiger partial charge in [0.15, 0.2) is 0 Å². The third-order valence-corrected chi connectivity index (χ3v) is 4.36. The van der Waals surface area contributed by atoms with Gasteiger partial charge in [-0.15, -0.1) is 12.4 Å². The predicted octanol–water partition coefficient (Wildman–Crippen LogP) is 2.82. The van der Waals surface area contributed by atoms with Gasteiger partial charge in [0.1, 0.15) is 0 Å². The molecule has 0 spiro atoms. The zero-order valence-corrected chi connectivity index (χ0v) is 14.5. The molecule has 0 saturated carbocycles. The van der Waals surface area contributed by atoms with Crippen molar-refractivity contribution in [2.75, 3.05) is 20.2 Å². The molecule has 3 rings (SSSR count). The van der Waals surface area contributed by atoms with Crippen molar-refractivity contribution in [3.8, 4) is 0 Å². The summed E-state index contributed by atoms with van der Waals surface area (Å²) in [6, 6.07) is 17.8. The Labute approximate surface area is 149 Å². The van der Waals surface area contributed by atoms with Crippen LogP contribution < -0.4 is 5.73 Å². The first kappa shape index (κ1) is 18.5. The van der Waals surface area contributed by atoms with Crippen molar-refractivity contribution in [3.05, 3.63) is 71.3 Å². The Kier molecular flexibility index (Phi) is 6.37. The van der Waals surface area contributed by atoms with E-state index in [1.54, 1.807) is 7.11 Å². The second kappa shape index (κ2) is 8.29. The first-order valence-electron chi connectivity index (χ1n) is 7.86. The number of hydrogen-bond donors (Lipinski definition) is 1. The molecule has 5 heteroatoms. The lowest BCUT2D eigenvalue weighted by Crippen LogP contribution is -2.32. The van der Waals surface area contributed by atoms with Crippen molar-refractivity contribution in [1.82, 2.24) is 4.90 Å². The van der Waals surface area contributed by atoms with Crippen molar-refractivity contribution >= 4 is 18.3 Å². The Morgan fingerprint density at radius 1 is 1.17 bits per heavy atom. The maximum atomic E-state index is 12.8. The molecule has 0 aliphatic carbocycles. The maximum absolute atomic E-state index is 12.8. The van der Waals surface area contributed by atoms with Crippen molar-refractivity contribution in [2.45, 2.75) is 18.6 Å². The van der Waals surface area contributed by atoms with Crippen LogP contribution in [-0.2, 0) is 11.3 Å². The van der Waals surface area contributed by atoms with Crippen LogP contribution in [0.2, 0.25) is 0 Å². The molecule has 4 nitrogen and oxygen atoms in total. The fraction of sp³-hybridized carbons (Fsp3) is 0.316. The van der Waals surface area contributed by atoms with Gasteiger partial charge in [0.2, 0.25) is 0 Å². The molecule has 0 unspecified atom stereocenters. The van der Waals surface area contributed by atoms with Crippen LogP contribution in [0.15, 0.2) is 54.6 Å². The minimum absolute atomic E-state index is 0. The van der Waals surface area contributed by atoms with Gasteiger partial charge in [-0.25, -0.2) is 0 Å². The number of rotatable bonds is 4. The molecule has 2 N–H and O–H groups in total. The van der Waals surface area contributed by atoms with E-state index in [0.717, 1.165) is 5.56 Å². The summed E-state index contributed by atoms with van der Waals surface area (Å²) in [5.41, 5.74) is 9.17. The van der Waals surface area contributed by atoms with Crippen LogP contribution in [0.4, 0.5) is 0 Å². The van der Waals surface area contributed by atoms with Crippen molar-refractivity contribution < 1.29 is 9.53 Å². The lowest BCUT2D eigenvalue weighted by Gasteiger charge is -2.17. The van der Waals surface area contributed by atoms with Gasteiger partial charge in [0.25, 0.3) is 5.91 Å². The zero-order valence-electron chi connectivity index (χ0n) is 13.7. The van der Waals surface area contributed by atoms with Crippen LogP contribution in [0.1, 0.15) is 27.4 Å². The van der Waals surface area contributed by atoms with Gasteiger partial charge in [-0.1, -0.05) is 42.5 Å². The van der Waals surface area contributed by atoms with Gasteiger partial charge in [-0.05, 0) is 23.3 Å². The van der Waals surface area contributed by atoms with Gasteiger partial charge in [-0.3, -0.25) is 4.79 Å². The highest BCUT2D eigenvalue weighted by molar-refractivity contribution is 5.94. The molecule has 0 bridgehead atoms. The van der Waals surface area contributed by atoms with E-state index >= 15 is 0 Å². The Bertz CT molecular complexity index is 678. The van der Waals surface area contributed by atoms with E-state index < -0.39 is 0 Å². The number of methoxy groups -OCH3 is 1. The number of benzene rings is 2. The van der Waals surface area contributed by atoms with Gasteiger partial charge < -0.3 is 15.4 Å². The van der Waals surface area contributed by atoms with Crippen LogP contribution >= 0.6 is 12.4 Å². The number of likely N-dealkylation sites (tertiary alicyclic amines) is 1. The molecule has 1 saturated heterocycles. The second-order valence-corrected chi connectivity index (χ2v) is 6.02. The summed E-state index contributed by atoms with van der Waals surface area (Å²) in [7, 11) is 1.65. The Morgan fingerprint density at radius 2 is 1.92 bits per heavy atom. The summed E-state index contributed by atoms with van der Waals surface area (Å²) in [6.07, 6.45) is 0. The van der Waals surface area contributed by atoms with Crippen LogP contribution in [0.3, 0.4) is 0 Å². The molecule has 24 heavy (non-hydrogen) atoms. The Balaban J connectivity index is 0.00000208. The molecule has 0 aromatic heterocycles. The van der Waals surface area contributed by atoms with Gasteiger partial charge in [0.05, 0.1) is 6.61 Å². The lowest BCUT2D eigenvalue weighted by atomic mass is 9.95. The van der Waals surface area contributed by atoms with E-state index in [9.17, 15) is 4.79 Å². The molecule has 2 aromatic carbocycles. The predicted molar refractivity (Wildman–Crippen MR) is 97.5 cm³/mol. The normalized spacial score (nSPS) is 19.8. The average molecular weight is 347 g/mol. The highest BCUT2D eigenvalue weighted by Crippen LogP contribution is 2.27. The SMILES string of the molecule is COCc1cccc(C(=O)N2C[C@@H](N)[C@H](c3ccccc3)C2)c1.Cl. The minimum atomic E-state index is -0.0245. The van der Waals surface area contributed by atoms with Crippen molar-refractivity contribution in [2.24, 2.45) is 5.73 Å². The summed E-state index contributed by atoms with van der Waals surface area (Å²) < 4.78 is 5.14. The van der Waals surface area contributed by atoms with E-state index in [1.165, 1.54) is 5.56 Å². The Morgan fingerprint density at radius 3 is 2.62 bits per heavy atom. The van der Waals surface area contributed by atoms with E-state index in [0.29, 0.717) is 25.3 Å². The summed E-state index contributed by atoms with van der Waals surface area (Å²) in [4.78, 5) is 14.6. The monoisotopic (exact) mass is 346 g/mol. The molecule has 0 radical (unpaired) electrons. The Hall–Kier alpha value is -1.88. The van der Waals surface area contributed by atoms with E-state index in [4.69, 9.17) is 10.5 Å². The van der Waals surface area contributed by atoms with Crippen molar-refractivity contribution in [3.63, 3.8) is 0 Å². The summed E-state index contributed by atoms with van der Waals surface area (Å²) in [5, 5.41) is 0. The van der Waals surface area contributed by atoms with E-state index in [1.807, 2.05) is 47.4 Å². The minimum Gasteiger partial charge on any atom is -0.380 e. The highest BCUT2D eigenvalue weighted by atomic mass is 35.5. The van der Waals surface area contributed by atoms with Crippen LogP contribution in [0.25, 0.3) is 0 Å². The summed E-state index contributed by atoms with van der Waals surface area (Å²) >= 11 is 0. The molecular weight excluding hydrogens is 324 g/mol. The standard InChI is InChI=1S/C19H22N2O2.ClH/c1-23-13-14-6-5-9-16(10-14)19(22)21-11-17(18(20)12-21)15-7-3-2-4-8-15;/h2-10,17-18H,11-13,20H2,1H3;1H/t17-,18+;/m0./s1. The maximum Gasteiger partial charge on any atom is 0.253 e. The second-order valence-electron chi connectivity index (χ2n) is 6.02. The highest BCUT2D eigenvalue weighted by Gasteiger charge is 2.34. The third kappa shape index (κ3) is 3.96. The molecule has 1 fully saturated rings. The first-order chi connectivity index (χ1) is 11.2. The molecule has 2 aromatic rings. The lowest BCUT2D eigenvalue weighted by molar-refractivity contribution is 0.0789. The van der Waals surface area contributed by atoms with Crippen molar-refractivity contribution in [1.29, 1.82) is 0 Å². The smallest absolute Gasteiger partial charge is 0.253 e. The molecule has 128 valence electrons. The quantitative estimate of drug-likeness (QED) is 0.926. The fourth-order valence-corrected chi connectivity index (χ4v) is 3.19. The van der Waals surface area contributed by atoms with Crippen LogP contribution in [0.5, 0.6) is 0 Å². The van der Waals surface area contributed by atoms with E-state index in [-0.39, 0.29) is 30.3 Å². The van der Waals surface area contributed by atoms with Gasteiger partial charge >= 0.3 is 0 Å². The molecule has 1 amide bonds. The number of nitrogens with zero attached hydrogens (tertiary/aromatic N) is 1. The molecule has 2 atom stereocenters. The third-order valence-electron chi connectivity index (χ3n) is 4.36. The van der Waals surface area contributed by atoms with E-state index in [2.05, 4.69) is 12.1 Å². The van der Waals surface area contributed by atoms with Gasteiger partial charge in [-0.2, -0.15) is 0 Å². The number of carbonyl (C=O) groups is 1. The van der Waals surface area contributed by atoms with Crippen LogP contribution in [0, 0.1) is 0 Å². The molecular formula is C19H23ClN2O2. The number of amides is 1. The average Bonchev–Trinajstić information content (AvgIpc) is 2.97. The van der Waals surface area contributed by atoms with Crippen LogP contribution in [-0.4, -0.2) is 37.0 Å². The summed E-state index contributed by atoms with van der Waals surface area (Å²) in [5.74, 6) is 0.235.